The normalized spacial score (nSPS) is 12.3. The van der Waals surface area contributed by atoms with E-state index in [1.807, 2.05) is 0 Å². The van der Waals surface area contributed by atoms with Gasteiger partial charge < -0.3 is 19.5 Å². The fourth-order valence-electron chi connectivity index (χ4n) is 2.07. The molecule has 0 fully saturated rings. The predicted octanol–water partition coefficient (Wildman–Crippen LogP) is 3.83. The molecule has 0 aliphatic carbocycles. The number of hydrogen-bond acceptors (Lipinski definition) is 4. The zero-order chi connectivity index (χ0) is 14.8. The number of ether oxygens (including phenoxy) is 3. The molecule has 1 heterocycles. The number of benzene rings is 2. The van der Waals surface area contributed by atoms with Gasteiger partial charge in [0.2, 0.25) is 6.79 Å². The number of anilines is 1. The van der Waals surface area contributed by atoms with Crippen molar-refractivity contribution in [3.63, 3.8) is 0 Å². The minimum absolute atomic E-state index is 0.193. The molecule has 0 amide bonds. The van der Waals surface area contributed by atoms with E-state index in [0.29, 0.717) is 28.8 Å². The average molecular weight is 310 g/mol. The highest BCUT2D eigenvalue weighted by atomic mass is 35.5. The van der Waals surface area contributed by atoms with Crippen LogP contribution in [0.2, 0.25) is 5.02 Å². The zero-order valence-electron chi connectivity index (χ0n) is 11.3. The first-order chi connectivity index (χ1) is 10.2. The maximum atomic E-state index is 13.6. The zero-order valence-corrected chi connectivity index (χ0v) is 12.0. The fraction of sp³-hybridized carbons (Fsp3) is 0.200. The molecule has 4 nitrogen and oxygen atoms in total. The molecular weight excluding hydrogens is 297 g/mol. The Labute approximate surface area is 126 Å². The number of methoxy groups -OCH3 is 1. The van der Waals surface area contributed by atoms with Crippen LogP contribution in [0.3, 0.4) is 0 Å². The molecule has 0 saturated heterocycles. The number of fused-ring (bicyclic) bond motifs is 1. The number of nitrogens with one attached hydrogen (secondary N) is 1. The summed E-state index contributed by atoms with van der Waals surface area (Å²) in [6.45, 7) is 0.624. The van der Waals surface area contributed by atoms with Crippen LogP contribution in [0.4, 0.5) is 10.1 Å². The summed E-state index contributed by atoms with van der Waals surface area (Å²) in [4.78, 5) is 0. The Balaban J connectivity index is 1.74. The molecule has 0 aromatic heterocycles. The maximum absolute atomic E-state index is 13.6. The Morgan fingerprint density at radius 2 is 2.00 bits per heavy atom. The second-order valence-electron chi connectivity index (χ2n) is 4.51. The molecule has 21 heavy (non-hydrogen) atoms. The second-order valence-corrected chi connectivity index (χ2v) is 4.91. The molecule has 6 heteroatoms. The third kappa shape index (κ3) is 2.83. The van der Waals surface area contributed by atoms with E-state index in [0.717, 1.165) is 5.56 Å². The van der Waals surface area contributed by atoms with Gasteiger partial charge in [0, 0.05) is 18.7 Å². The fourth-order valence-corrected chi connectivity index (χ4v) is 2.29. The molecule has 0 bridgehead atoms. The summed E-state index contributed by atoms with van der Waals surface area (Å²) in [5.41, 5.74) is 1.49. The minimum atomic E-state index is -0.395. The van der Waals surface area contributed by atoms with Gasteiger partial charge in [-0.3, -0.25) is 0 Å². The number of halogens is 2. The molecule has 110 valence electrons. The third-order valence-electron chi connectivity index (χ3n) is 3.16. The van der Waals surface area contributed by atoms with Crippen molar-refractivity contribution in [2.24, 2.45) is 0 Å². The molecule has 0 atom stereocenters. The molecule has 1 N–H and O–H groups in total. The highest BCUT2D eigenvalue weighted by molar-refractivity contribution is 6.33. The van der Waals surface area contributed by atoms with Gasteiger partial charge >= 0.3 is 0 Å². The molecule has 2 aromatic carbocycles. The Kier molecular flexibility index (Phi) is 3.75. The van der Waals surface area contributed by atoms with Gasteiger partial charge in [0.15, 0.2) is 23.1 Å². The summed E-state index contributed by atoms with van der Waals surface area (Å²) in [6, 6.07) is 8.27. The van der Waals surface area contributed by atoms with Crippen molar-refractivity contribution in [1.29, 1.82) is 0 Å². The van der Waals surface area contributed by atoms with Crippen molar-refractivity contribution in [2.45, 2.75) is 6.54 Å². The number of hydrogen-bond donors (Lipinski definition) is 1. The first-order valence-electron chi connectivity index (χ1n) is 6.33. The van der Waals surface area contributed by atoms with Crippen LogP contribution < -0.4 is 19.5 Å². The van der Waals surface area contributed by atoms with Crippen LogP contribution in [0.5, 0.6) is 17.2 Å². The van der Waals surface area contributed by atoms with Crippen molar-refractivity contribution in [3.05, 3.63) is 46.7 Å². The van der Waals surface area contributed by atoms with Crippen LogP contribution in [0.1, 0.15) is 5.56 Å². The summed E-state index contributed by atoms with van der Waals surface area (Å²) >= 11 is 6.16. The van der Waals surface area contributed by atoms with Crippen molar-refractivity contribution in [3.8, 4) is 17.2 Å². The van der Waals surface area contributed by atoms with Crippen LogP contribution >= 0.6 is 11.6 Å². The molecule has 0 radical (unpaired) electrons. The van der Waals surface area contributed by atoms with E-state index in [9.17, 15) is 4.39 Å². The van der Waals surface area contributed by atoms with Gasteiger partial charge in [-0.1, -0.05) is 17.7 Å². The molecule has 1 aliphatic heterocycles. The molecule has 1 aliphatic rings. The lowest BCUT2D eigenvalue weighted by Crippen LogP contribution is -2.01. The van der Waals surface area contributed by atoms with Crippen molar-refractivity contribution < 1.29 is 18.6 Å². The Hall–Kier alpha value is -2.14. The van der Waals surface area contributed by atoms with E-state index in [4.69, 9.17) is 25.8 Å². The van der Waals surface area contributed by atoms with Crippen molar-refractivity contribution >= 4 is 17.3 Å². The topological polar surface area (TPSA) is 39.7 Å². The summed E-state index contributed by atoms with van der Waals surface area (Å²) in [7, 11) is 1.43. The second kappa shape index (κ2) is 5.69. The predicted molar refractivity (Wildman–Crippen MR) is 77.9 cm³/mol. The van der Waals surface area contributed by atoms with Gasteiger partial charge in [-0.2, -0.15) is 0 Å². The van der Waals surface area contributed by atoms with Gasteiger partial charge in [-0.25, -0.2) is 4.39 Å². The lowest BCUT2D eigenvalue weighted by molar-refractivity contribution is 0.174. The molecule has 0 saturated carbocycles. The van der Waals surface area contributed by atoms with Gasteiger partial charge in [-0.15, -0.1) is 0 Å². The van der Waals surface area contributed by atoms with Crippen molar-refractivity contribution in [2.75, 3.05) is 19.2 Å². The largest absolute Gasteiger partial charge is 0.494 e. The van der Waals surface area contributed by atoms with Crippen molar-refractivity contribution in [1.82, 2.24) is 0 Å². The van der Waals surface area contributed by atoms with E-state index in [2.05, 4.69) is 5.32 Å². The lowest BCUT2D eigenvalue weighted by atomic mass is 10.2. The average Bonchev–Trinajstić information content (AvgIpc) is 2.92. The van der Waals surface area contributed by atoms with Gasteiger partial charge in [0.25, 0.3) is 0 Å². The van der Waals surface area contributed by atoms with E-state index in [-0.39, 0.29) is 12.5 Å². The third-order valence-corrected chi connectivity index (χ3v) is 3.47. The first-order valence-corrected chi connectivity index (χ1v) is 6.70. The standard InChI is InChI=1S/C15H13ClFNO3/c1-19-13-3-2-9(4-11(13)17)7-18-12-6-15-14(5-10(12)16)20-8-21-15/h2-6,18H,7-8H2,1H3. The van der Waals surface area contributed by atoms with Crippen LogP contribution in [0, 0.1) is 5.82 Å². The van der Waals surface area contributed by atoms with E-state index >= 15 is 0 Å². The quantitative estimate of drug-likeness (QED) is 0.932. The molecule has 2 aromatic rings. The molecule has 3 rings (SSSR count). The SMILES string of the molecule is COc1ccc(CNc2cc3c(cc2Cl)OCO3)cc1F. The smallest absolute Gasteiger partial charge is 0.231 e. The van der Waals surface area contributed by atoms with Gasteiger partial charge in [0.1, 0.15) is 0 Å². The van der Waals surface area contributed by atoms with Crippen LogP contribution in [-0.2, 0) is 6.54 Å². The Morgan fingerprint density at radius 3 is 2.71 bits per heavy atom. The summed E-state index contributed by atoms with van der Waals surface area (Å²) in [5.74, 6) is 1.09. The monoisotopic (exact) mass is 309 g/mol. The van der Waals surface area contributed by atoms with Gasteiger partial charge in [0.05, 0.1) is 17.8 Å². The Morgan fingerprint density at radius 1 is 1.24 bits per heavy atom. The number of rotatable bonds is 4. The van der Waals surface area contributed by atoms with Crippen LogP contribution in [-0.4, -0.2) is 13.9 Å². The van der Waals surface area contributed by atoms with Crippen LogP contribution in [0.15, 0.2) is 30.3 Å². The molecule has 0 unspecified atom stereocenters. The van der Waals surface area contributed by atoms with E-state index < -0.39 is 5.82 Å². The first kappa shape index (κ1) is 13.8. The lowest BCUT2D eigenvalue weighted by Gasteiger charge is -2.10. The minimum Gasteiger partial charge on any atom is -0.494 e. The van der Waals surface area contributed by atoms with E-state index in [1.165, 1.54) is 13.2 Å². The highest BCUT2D eigenvalue weighted by Gasteiger charge is 2.16. The maximum Gasteiger partial charge on any atom is 0.231 e. The summed E-state index contributed by atoms with van der Waals surface area (Å²) in [6.07, 6.45) is 0. The highest BCUT2D eigenvalue weighted by Crippen LogP contribution is 2.39. The van der Waals surface area contributed by atoms with Gasteiger partial charge in [-0.05, 0) is 17.7 Å². The summed E-state index contributed by atoms with van der Waals surface area (Å²) in [5, 5.41) is 3.67. The molecular formula is C15H13ClFNO3. The molecule has 0 spiro atoms. The summed E-state index contributed by atoms with van der Waals surface area (Å²) < 4.78 is 29.0. The Bertz CT molecular complexity index is 678. The van der Waals surface area contributed by atoms with E-state index in [1.54, 1.807) is 24.3 Å². The van der Waals surface area contributed by atoms with Crippen LogP contribution in [0.25, 0.3) is 0 Å².